The normalized spacial score (nSPS) is 10.4. The lowest BCUT2D eigenvalue weighted by molar-refractivity contribution is 0.394. The average Bonchev–Trinajstić information content (AvgIpc) is 2.46. The van der Waals surface area contributed by atoms with Crippen molar-refractivity contribution in [2.24, 2.45) is 0 Å². The molecule has 1 aromatic heterocycles. The van der Waals surface area contributed by atoms with E-state index in [1.807, 2.05) is 18.2 Å². The summed E-state index contributed by atoms with van der Waals surface area (Å²) in [5, 5.41) is 0.445. The third kappa shape index (κ3) is 3.39. The summed E-state index contributed by atoms with van der Waals surface area (Å²) in [6, 6.07) is 7.36. The average molecular weight is 293 g/mol. The van der Waals surface area contributed by atoms with Gasteiger partial charge < -0.3 is 9.47 Å². The van der Waals surface area contributed by atoms with Crippen LogP contribution in [0.5, 0.6) is 11.5 Å². The molecule has 2 rings (SSSR count). The van der Waals surface area contributed by atoms with Crippen molar-refractivity contribution in [3.05, 3.63) is 35.2 Å². The van der Waals surface area contributed by atoms with Crippen molar-refractivity contribution in [2.45, 2.75) is 19.8 Å². The molecule has 106 valence electrons. The highest BCUT2D eigenvalue weighted by Gasteiger charge is 2.09. The smallest absolute Gasteiger partial charge is 0.133 e. The second-order valence-electron chi connectivity index (χ2n) is 4.34. The number of aromatic nitrogens is 2. The van der Waals surface area contributed by atoms with E-state index in [1.54, 1.807) is 20.3 Å². The molecule has 5 heteroatoms. The van der Waals surface area contributed by atoms with Crippen molar-refractivity contribution < 1.29 is 9.47 Å². The van der Waals surface area contributed by atoms with Crippen LogP contribution in [0.2, 0.25) is 5.15 Å². The fraction of sp³-hybridized carbons (Fsp3) is 0.333. The number of ether oxygens (including phenoxy) is 2. The maximum atomic E-state index is 6.07. The first-order valence-corrected chi connectivity index (χ1v) is 6.81. The fourth-order valence-corrected chi connectivity index (χ4v) is 2.10. The molecule has 0 spiro atoms. The van der Waals surface area contributed by atoms with Gasteiger partial charge in [-0.15, -0.1) is 0 Å². The maximum absolute atomic E-state index is 6.07. The number of methoxy groups -OCH3 is 2. The highest BCUT2D eigenvalue weighted by atomic mass is 35.5. The topological polar surface area (TPSA) is 44.2 Å². The Morgan fingerprint density at radius 3 is 2.20 bits per heavy atom. The molecule has 0 saturated carbocycles. The zero-order valence-electron chi connectivity index (χ0n) is 11.8. The molecule has 0 aliphatic heterocycles. The van der Waals surface area contributed by atoms with Crippen LogP contribution >= 0.6 is 11.6 Å². The lowest BCUT2D eigenvalue weighted by atomic mass is 10.1. The summed E-state index contributed by atoms with van der Waals surface area (Å²) in [5.74, 6) is 2.18. The van der Waals surface area contributed by atoms with Crippen molar-refractivity contribution in [3.8, 4) is 22.8 Å². The summed E-state index contributed by atoms with van der Waals surface area (Å²) in [4.78, 5) is 8.76. The van der Waals surface area contributed by atoms with Gasteiger partial charge in [-0.2, -0.15) is 0 Å². The third-order valence-electron chi connectivity index (χ3n) is 2.86. The summed E-state index contributed by atoms with van der Waals surface area (Å²) in [6.07, 6.45) is 1.77. The van der Waals surface area contributed by atoms with Crippen LogP contribution in [-0.4, -0.2) is 24.2 Å². The molecular weight excluding hydrogens is 276 g/mol. The van der Waals surface area contributed by atoms with Gasteiger partial charge in [0.15, 0.2) is 0 Å². The molecule has 0 radical (unpaired) electrons. The Kier molecular flexibility index (Phi) is 4.79. The number of nitrogens with zero attached hydrogens (tertiary/aromatic N) is 2. The van der Waals surface area contributed by atoms with Crippen LogP contribution < -0.4 is 9.47 Å². The zero-order valence-corrected chi connectivity index (χ0v) is 12.6. The van der Waals surface area contributed by atoms with E-state index < -0.39 is 0 Å². The number of hydrogen-bond donors (Lipinski definition) is 0. The number of benzene rings is 1. The van der Waals surface area contributed by atoms with E-state index in [-0.39, 0.29) is 0 Å². The Balaban J connectivity index is 2.49. The quantitative estimate of drug-likeness (QED) is 0.787. The molecule has 0 amide bonds. The summed E-state index contributed by atoms with van der Waals surface area (Å²) in [5.41, 5.74) is 1.66. The summed E-state index contributed by atoms with van der Waals surface area (Å²) >= 11 is 6.07. The van der Waals surface area contributed by atoms with Crippen LogP contribution in [-0.2, 0) is 6.42 Å². The Hall–Kier alpha value is -1.81. The largest absolute Gasteiger partial charge is 0.497 e. The fourth-order valence-electron chi connectivity index (χ4n) is 1.90. The number of halogens is 1. The van der Waals surface area contributed by atoms with E-state index >= 15 is 0 Å². The first-order valence-electron chi connectivity index (χ1n) is 6.43. The molecule has 0 fully saturated rings. The van der Waals surface area contributed by atoms with Crippen LogP contribution in [0.3, 0.4) is 0 Å². The summed E-state index contributed by atoms with van der Waals surface area (Å²) in [6.45, 7) is 2.08. The van der Waals surface area contributed by atoms with Crippen molar-refractivity contribution >= 4 is 11.6 Å². The van der Waals surface area contributed by atoms with Gasteiger partial charge in [0.05, 0.1) is 19.9 Å². The third-order valence-corrected chi connectivity index (χ3v) is 3.06. The molecule has 2 aromatic rings. The zero-order chi connectivity index (χ0) is 14.5. The van der Waals surface area contributed by atoms with E-state index in [0.717, 1.165) is 29.9 Å². The molecule has 0 saturated heterocycles. The maximum Gasteiger partial charge on any atom is 0.133 e. The first-order chi connectivity index (χ1) is 9.66. The van der Waals surface area contributed by atoms with E-state index in [9.17, 15) is 0 Å². The molecule has 0 bridgehead atoms. The predicted octanol–water partition coefficient (Wildman–Crippen LogP) is 3.77. The second-order valence-corrected chi connectivity index (χ2v) is 4.73. The van der Waals surface area contributed by atoms with E-state index in [0.29, 0.717) is 16.7 Å². The summed E-state index contributed by atoms with van der Waals surface area (Å²) in [7, 11) is 3.24. The van der Waals surface area contributed by atoms with Crippen molar-refractivity contribution in [1.29, 1.82) is 0 Å². The van der Waals surface area contributed by atoms with Crippen LogP contribution in [0.1, 0.15) is 19.2 Å². The van der Waals surface area contributed by atoms with Crippen LogP contribution in [0.15, 0.2) is 24.3 Å². The van der Waals surface area contributed by atoms with Crippen LogP contribution in [0, 0.1) is 0 Å². The van der Waals surface area contributed by atoms with Gasteiger partial charge in [0.1, 0.15) is 22.5 Å². The molecule has 0 atom stereocenters. The van der Waals surface area contributed by atoms with Gasteiger partial charge in [-0.25, -0.2) is 9.97 Å². The van der Waals surface area contributed by atoms with Crippen LogP contribution in [0.4, 0.5) is 0 Å². The predicted molar refractivity (Wildman–Crippen MR) is 79.6 cm³/mol. The van der Waals surface area contributed by atoms with Gasteiger partial charge in [0.25, 0.3) is 0 Å². The van der Waals surface area contributed by atoms with Crippen molar-refractivity contribution in [1.82, 2.24) is 9.97 Å². The molecular formula is C15H17ClN2O2. The molecule has 1 aromatic carbocycles. The monoisotopic (exact) mass is 292 g/mol. The molecule has 0 aliphatic carbocycles. The first kappa shape index (κ1) is 14.6. The summed E-state index contributed by atoms with van der Waals surface area (Å²) < 4.78 is 10.5. The minimum Gasteiger partial charge on any atom is -0.497 e. The number of aryl methyl sites for hydroxylation is 1. The standard InChI is InChI=1S/C15H17ClN2O2/c1-4-5-15-17-13(9-14(16)18-15)10-6-11(19-2)8-12(7-10)20-3/h6-9H,4-5H2,1-3H3. The SMILES string of the molecule is CCCc1nc(Cl)cc(-c2cc(OC)cc(OC)c2)n1. The Morgan fingerprint density at radius 1 is 1.00 bits per heavy atom. The highest BCUT2D eigenvalue weighted by Crippen LogP contribution is 2.29. The molecule has 20 heavy (non-hydrogen) atoms. The van der Waals surface area contributed by atoms with E-state index in [4.69, 9.17) is 21.1 Å². The van der Waals surface area contributed by atoms with Gasteiger partial charge in [0, 0.05) is 24.1 Å². The van der Waals surface area contributed by atoms with Gasteiger partial charge in [-0.05, 0) is 18.6 Å². The Bertz CT molecular complexity index is 580. The Morgan fingerprint density at radius 2 is 1.65 bits per heavy atom. The van der Waals surface area contributed by atoms with Gasteiger partial charge in [-0.3, -0.25) is 0 Å². The van der Waals surface area contributed by atoms with Crippen molar-refractivity contribution in [2.75, 3.05) is 14.2 Å². The Labute approximate surface area is 123 Å². The van der Waals surface area contributed by atoms with Crippen LogP contribution in [0.25, 0.3) is 11.3 Å². The lowest BCUT2D eigenvalue weighted by Crippen LogP contribution is -1.97. The molecule has 4 nitrogen and oxygen atoms in total. The van der Waals surface area contributed by atoms with Gasteiger partial charge >= 0.3 is 0 Å². The highest BCUT2D eigenvalue weighted by molar-refractivity contribution is 6.29. The molecule has 0 aliphatic rings. The molecule has 0 N–H and O–H groups in total. The molecule has 0 unspecified atom stereocenters. The van der Waals surface area contributed by atoms with Gasteiger partial charge in [-0.1, -0.05) is 18.5 Å². The molecule has 1 heterocycles. The number of rotatable bonds is 5. The minimum atomic E-state index is 0.445. The van der Waals surface area contributed by atoms with Gasteiger partial charge in [0.2, 0.25) is 0 Å². The van der Waals surface area contributed by atoms with Crippen molar-refractivity contribution in [3.63, 3.8) is 0 Å². The van der Waals surface area contributed by atoms with E-state index in [2.05, 4.69) is 16.9 Å². The van der Waals surface area contributed by atoms with E-state index in [1.165, 1.54) is 0 Å². The second kappa shape index (κ2) is 6.57. The lowest BCUT2D eigenvalue weighted by Gasteiger charge is -2.09. The minimum absolute atomic E-state index is 0.445. The number of hydrogen-bond acceptors (Lipinski definition) is 4.